The topological polar surface area (TPSA) is 55.2 Å². The van der Waals surface area contributed by atoms with Crippen LogP contribution in [0.4, 0.5) is 0 Å². The van der Waals surface area contributed by atoms with E-state index in [2.05, 4.69) is 18.8 Å². The number of piperidine rings is 1. The van der Waals surface area contributed by atoms with Gasteiger partial charge in [-0.2, -0.15) is 0 Å². The molecule has 0 radical (unpaired) electrons. The fraction of sp³-hybridized carbons (Fsp3) is 0.500. The number of carbonyl (C=O) groups is 1. The number of hydrogen-bond acceptors (Lipinski definition) is 3. The van der Waals surface area contributed by atoms with Gasteiger partial charge in [0.15, 0.2) is 0 Å². The van der Waals surface area contributed by atoms with E-state index < -0.39 is 0 Å². The summed E-state index contributed by atoms with van der Waals surface area (Å²) in [6, 6.07) is 5.55. The maximum Gasteiger partial charge on any atom is 0.261 e. The molecule has 0 N–H and O–H groups in total. The van der Waals surface area contributed by atoms with Crippen molar-refractivity contribution in [1.82, 2.24) is 14.5 Å². The number of likely N-dealkylation sites (tertiary alicyclic amines) is 1. The predicted octanol–water partition coefficient (Wildman–Crippen LogP) is 2.21. The van der Waals surface area contributed by atoms with Crippen LogP contribution in [0.2, 0.25) is 0 Å². The number of rotatable bonds is 2. The number of benzene rings is 1. The van der Waals surface area contributed by atoms with E-state index in [1.54, 1.807) is 6.07 Å². The Kier molecular flexibility index (Phi) is 4.20. The molecule has 1 aromatic carbocycles. The number of amides is 1. The highest BCUT2D eigenvalue weighted by atomic mass is 16.2. The standard InChI is InChI=1S/C18H23N3O2/c1-12-7-13(2)9-20(8-12)16(22)10-21-11-19-17-14(3)5-4-6-15(17)18(21)23/h4-6,11-13H,7-10H2,1-3H3. The van der Waals surface area contributed by atoms with Crippen LogP contribution in [0.15, 0.2) is 29.3 Å². The highest BCUT2D eigenvalue weighted by Crippen LogP contribution is 2.21. The highest BCUT2D eigenvalue weighted by Gasteiger charge is 2.25. The van der Waals surface area contributed by atoms with E-state index in [0.717, 1.165) is 25.1 Å². The molecule has 0 bridgehead atoms. The Hall–Kier alpha value is -2.17. The Morgan fingerprint density at radius 2 is 1.96 bits per heavy atom. The van der Waals surface area contributed by atoms with Crippen molar-refractivity contribution in [2.45, 2.75) is 33.7 Å². The molecule has 0 saturated carbocycles. The summed E-state index contributed by atoms with van der Waals surface area (Å²) in [5, 5.41) is 0.570. The number of nitrogens with zero attached hydrogens (tertiary/aromatic N) is 3. The predicted molar refractivity (Wildman–Crippen MR) is 90.3 cm³/mol. The SMILES string of the molecule is Cc1cccc2c(=O)n(CC(=O)N3CC(C)CC(C)C3)cnc12. The van der Waals surface area contributed by atoms with Crippen LogP contribution in [0.5, 0.6) is 0 Å². The summed E-state index contributed by atoms with van der Waals surface area (Å²) in [6.07, 6.45) is 2.65. The average Bonchev–Trinajstić information content (AvgIpc) is 2.49. The van der Waals surface area contributed by atoms with Gasteiger partial charge in [0, 0.05) is 13.1 Å². The van der Waals surface area contributed by atoms with Crippen LogP contribution in [0.1, 0.15) is 25.8 Å². The average molecular weight is 313 g/mol. The molecule has 0 spiro atoms. The zero-order valence-corrected chi connectivity index (χ0v) is 14.0. The smallest absolute Gasteiger partial charge is 0.261 e. The Morgan fingerprint density at radius 1 is 1.26 bits per heavy atom. The van der Waals surface area contributed by atoms with Gasteiger partial charge in [-0.3, -0.25) is 14.2 Å². The van der Waals surface area contributed by atoms with Crippen molar-refractivity contribution in [3.63, 3.8) is 0 Å². The van der Waals surface area contributed by atoms with E-state index in [1.165, 1.54) is 10.9 Å². The Labute approximate surface area is 135 Å². The first-order chi connectivity index (χ1) is 11.0. The lowest BCUT2D eigenvalue weighted by molar-refractivity contribution is -0.134. The molecule has 1 saturated heterocycles. The Bertz CT molecular complexity index is 786. The first kappa shape index (κ1) is 15.7. The van der Waals surface area contributed by atoms with Crippen LogP contribution in [0.25, 0.3) is 10.9 Å². The van der Waals surface area contributed by atoms with Crippen molar-refractivity contribution < 1.29 is 4.79 Å². The molecule has 0 aliphatic carbocycles. The van der Waals surface area contributed by atoms with Crippen LogP contribution in [0, 0.1) is 18.8 Å². The van der Waals surface area contributed by atoms with E-state index in [1.807, 2.05) is 24.0 Å². The lowest BCUT2D eigenvalue weighted by Gasteiger charge is -2.35. The number of carbonyl (C=O) groups excluding carboxylic acids is 1. The summed E-state index contributed by atoms with van der Waals surface area (Å²) in [4.78, 5) is 31.4. The third-order valence-corrected chi connectivity index (χ3v) is 4.58. The molecule has 122 valence electrons. The quantitative estimate of drug-likeness (QED) is 0.854. The molecule has 2 aromatic rings. The summed E-state index contributed by atoms with van der Waals surface area (Å²) in [5.74, 6) is 1.02. The summed E-state index contributed by atoms with van der Waals surface area (Å²) >= 11 is 0. The molecule has 1 amide bonds. The van der Waals surface area contributed by atoms with Crippen LogP contribution in [0.3, 0.4) is 0 Å². The maximum absolute atomic E-state index is 12.6. The first-order valence-electron chi connectivity index (χ1n) is 8.18. The highest BCUT2D eigenvalue weighted by molar-refractivity contribution is 5.81. The molecular weight excluding hydrogens is 290 g/mol. The van der Waals surface area contributed by atoms with E-state index in [9.17, 15) is 9.59 Å². The van der Waals surface area contributed by atoms with Gasteiger partial charge in [0.2, 0.25) is 5.91 Å². The van der Waals surface area contributed by atoms with Gasteiger partial charge < -0.3 is 4.90 Å². The van der Waals surface area contributed by atoms with E-state index in [0.29, 0.717) is 22.7 Å². The molecule has 1 aromatic heterocycles. The van der Waals surface area contributed by atoms with Gasteiger partial charge in [0.05, 0.1) is 17.2 Å². The van der Waals surface area contributed by atoms with Crippen LogP contribution in [-0.4, -0.2) is 33.4 Å². The molecule has 2 atom stereocenters. The van der Waals surface area contributed by atoms with Gasteiger partial charge in [0.25, 0.3) is 5.56 Å². The van der Waals surface area contributed by atoms with Crippen LogP contribution in [-0.2, 0) is 11.3 Å². The van der Waals surface area contributed by atoms with Crippen LogP contribution >= 0.6 is 0 Å². The van der Waals surface area contributed by atoms with E-state index >= 15 is 0 Å². The minimum absolute atomic E-state index is 0.000645. The molecule has 1 aliphatic heterocycles. The second kappa shape index (κ2) is 6.14. The van der Waals surface area contributed by atoms with Crippen LogP contribution < -0.4 is 5.56 Å². The number of aromatic nitrogens is 2. The van der Waals surface area contributed by atoms with Crippen molar-refractivity contribution in [3.8, 4) is 0 Å². The summed E-state index contributed by atoms with van der Waals surface area (Å²) in [5.41, 5.74) is 1.53. The maximum atomic E-state index is 12.6. The monoisotopic (exact) mass is 313 g/mol. The molecule has 3 rings (SSSR count). The lowest BCUT2D eigenvalue weighted by atomic mass is 9.92. The molecule has 1 fully saturated rings. The zero-order valence-electron chi connectivity index (χ0n) is 14.0. The van der Waals surface area contributed by atoms with Gasteiger partial charge >= 0.3 is 0 Å². The number of fused-ring (bicyclic) bond motifs is 1. The minimum Gasteiger partial charge on any atom is -0.341 e. The number of para-hydroxylation sites is 1. The second-order valence-corrected chi connectivity index (χ2v) is 6.89. The normalized spacial score (nSPS) is 21.6. The first-order valence-corrected chi connectivity index (χ1v) is 8.18. The van der Waals surface area contributed by atoms with Crippen molar-refractivity contribution >= 4 is 16.8 Å². The molecule has 23 heavy (non-hydrogen) atoms. The Morgan fingerprint density at radius 3 is 2.65 bits per heavy atom. The van der Waals surface area contributed by atoms with Crippen molar-refractivity contribution in [2.75, 3.05) is 13.1 Å². The lowest BCUT2D eigenvalue weighted by Crippen LogP contribution is -2.44. The Balaban J connectivity index is 1.85. The third-order valence-electron chi connectivity index (χ3n) is 4.58. The molecule has 5 nitrogen and oxygen atoms in total. The van der Waals surface area contributed by atoms with Crippen molar-refractivity contribution in [1.29, 1.82) is 0 Å². The molecule has 5 heteroatoms. The molecule has 2 unspecified atom stereocenters. The van der Waals surface area contributed by atoms with Gasteiger partial charge in [-0.05, 0) is 36.8 Å². The fourth-order valence-corrected chi connectivity index (χ4v) is 3.56. The third kappa shape index (κ3) is 3.14. The number of hydrogen-bond donors (Lipinski definition) is 0. The minimum atomic E-state index is -0.148. The summed E-state index contributed by atoms with van der Waals surface area (Å²) in [6.45, 7) is 7.89. The summed E-state index contributed by atoms with van der Waals surface area (Å²) in [7, 11) is 0. The van der Waals surface area contributed by atoms with Gasteiger partial charge in [0.1, 0.15) is 6.54 Å². The summed E-state index contributed by atoms with van der Waals surface area (Å²) < 4.78 is 1.42. The van der Waals surface area contributed by atoms with Crippen molar-refractivity contribution in [3.05, 3.63) is 40.4 Å². The zero-order chi connectivity index (χ0) is 16.6. The van der Waals surface area contributed by atoms with Crippen molar-refractivity contribution in [2.24, 2.45) is 11.8 Å². The van der Waals surface area contributed by atoms with E-state index in [-0.39, 0.29) is 18.0 Å². The molecule has 2 heterocycles. The largest absolute Gasteiger partial charge is 0.341 e. The van der Waals surface area contributed by atoms with E-state index in [4.69, 9.17) is 0 Å². The second-order valence-electron chi connectivity index (χ2n) is 6.89. The molecule has 1 aliphatic rings. The van der Waals surface area contributed by atoms with Gasteiger partial charge in [-0.1, -0.05) is 26.0 Å². The van der Waals surface area contributed by atoms with Gasteiger partial charge in [-0.25, -0.2) is 4.98 Å². The molecular formula is C18H23N3O2. The van der Waals surface area contributed by atoms with Gasteiger partial charge in [-0.15, -0.1) is 0 Å². The number of aryl methyl sites for hydroxylation is 1. The fourth-order valence-electron chi connectivity index (χ4n) is 3.56.